The zero-order valence-corrected chi connectivity index (χ0v) is 15.3. The first-order valence-electron chi connectivity index (χ1n) is 9.11. The Morgan fingerprint density at radius 3 is 2.71 bits per heavy atom. The van der Waals surface area contributed by atoms with E-state index in [-0.39, 0.29) is 23.3 Å². The Balaban J connectivity index is 1.63. The van der Waals surface area contributed by atoms with E-state index in [1.807, 2.05) is 12.1 Å². The van der Waals surface area contributed by atoms with E-state index in [0.717, 1.165) is 18.8 Å². The number of allylic oxidation sites excluding steroid dienone is 2. The second kappa shape index (κ2) is 6.75. The van der Waals surface area contributed by atoms with Gasteiger partial charge < -0.3 is 9.73 Å². The fourth-order valence-corrected chi connectivity index (χ4v) is 4.10. The van der Waals surface area contributed by atoms with Crippen LogP contribution in [0.5, 0.6) is 0 Å². The summed E-state index contributed by atoms with van der Waals surface area (Å²) in [4.78, 5) is 15.1. The van der Waals surface area contributed by atoms with Crippen molar-refractivity contribution in [2.24, 2.45) is 17.3 Å². The van der Waals surface area contributed by atoms with Crippen molar-refractivity contribution in [2.75, 3.05) is 19.6 Å². The van der Waals surface area contributed by atoms with Gasteiger partial charge in [-0.15, -0.1) is 0 Å². The monoisotopic (exact) mass is 330 g/mol. The Labute approximate surface area is 145 Å². The molecular weight excluding hydrogens is 300 g/mol. The molecule has 4 heteroatoms. The summed E-state index contributed by atoms with van der Waals surface area (Å²) < 4.78 is 5.63. The van der Waals surface area contributed by atoms with Crippen LogP contribution in [0.3, 0.4) is 0 Å². The molecule has 1 saturated heterocycles. The van der Waals surface area contributed by atoms with Crippen molar-refractivity contribution < 1.29 is 9.21 Å². The molecule has 132 valence electrons. The molecule has 1 aromatic rings. The van der Waals surface area contributed by atoms with Crippen molar-refractivity contribution in [1.82, 2.24) is 10.2 Å². The van der Waals surface area contributed by atoms with Crippen molar-refractivity contribution in [3.05, 3.63) is 35.8 Å². The number of hydrogen-bond acceptors (Lipinski definition) is 3. The minimum Gasteiger partial charge on any atom is -0.468 e. The summed E-state index contributed by atoms with van der Waals surface area (Å²) in [7, 11) is 0. The summed E-state index contributed by atoms with van der Waals surface area (Å²) in [5.74, 6) is 1.57. The molecule has 2 fully saturated rings. The smallest absolute Gasteiger partial charge is 0.224 e. The van der Waals surface area contributed by atoms with E-state index < -0.39 is 0 Å². The van der Waals surface area contributed by atoms with E-state index in [2.05, 4.69) is 44.0 Å². The minimum atomic E-state index is 0.0647. The van der Waals surface area contributed by atoms with Gasteiger partial charge in [-0.25, -0.2) is 0 Å². The van der Waals surface area contributed by atoms with Crippen LogP contribution in [0, 0.1) is 17.3 Å². The summed E-state index contributed by atoms with van der Waals surface area (Å²) >= 11 is 0. The van der Waals surface area contributed by atoms with Crippen molar-refractivity contribution in [3.63, 3.8) is 0 Å². The van der Waals surface area contributed by atoms with Crippen LogP contribution in [0.4, 0.5) is 0 Å². The Bertz CT molecular complexity index is 593. The molecule has 3 unspecified atom stereocenters. The van der Waals surface area contributed by atoms with Crippen molar-refractivity contribution >= 4 is 5.91 Å². The lowest BCUT2D eigenvalue weighted by Crippen LogP contribution is -2.37. The van der Waals surface area contributed by atoms with Gasteiger partial charge in [-0.1, -0.05) is 25.5 Å². The van der Waals surface area contributed by atoms with Gasteiger partial charge in [0.25, 0.3) is 0 Å². The zero-order valence-electron chi connectivity index (χ0n) is 15.3. The largest absolute Gasteiger partial charge is 0.468 e. The Hall–Kier alpha value is -1.55. The van der Waals surface area contributed by atoms with Gasteiger partial charge >= 0.3 is 0 Å². The maximum Gasteiger partial charge on any atom is 0.224 e. The van der Waals surface area contributed by atoms with Gasteiger partial charge in [0, 0.05) is 6.54 Å². The standard InChI is InChI=1S/C20H30N2O2/c1-14(2)12-15-18(20(15,3)4)19(23)21-13-16(17-8-7-11-24-17)22-9-5-6-10-22/h7-8,11-12,15-16,18H,5-6,9-10,13H2,1-4H3,(H,21,23). The maximum atomic E-state index is 12.7. The molecule has 1 aromatic heterocycles. The third-order valence-corrected chi connectivity index (χ3v) is 5.63. The van der Waals surface area contributed by atoms with Gasteiger partial charge in [0.1, 0.15) is 5.76 Å². The summed E-state index contributed by atoms with van der Waals surface area (Å²) in [6.07, 6.45) is 6.41. The molecule has 1 saturated carbocycles. The van der Waals surface area contributed by atoms with E-state index in [1.165, 1.54) is 18.4 Å². The molecule has 0 bridgehead atoms. The number of nitrogens with one attached hydrogen (secondary N) is 1. The predicted molar refractivity (Wildman–Crippen MR) is 95.5 cm³/mol. The van der Waals surface area contributed by atoms with Crippen LogP contribution in [0.25, 0.3) is 0 Å². The number of furan rings is 1. The molecule has 3 atom stereocenters. The average molecular weight is 330 g/mol. The normalized spacial score (nSPS) is 26.8. The number of likely N-dealkylation sites (tertiary alicyclic amines) is 1. The van der Waals surface area contributed by atoms with E-state index >= 15 is 0 Å². The van der Waals surface area contributed by atoms with E-state index in [1.54, 1.807) is 6.26 Å². The van der Waals surface area contributed by atoms with E-state index in [4.69, 9.17) is 4.42 Å². The van der Waals surface area contributed by atoms with Crippen molar-refractivity contribution in [2.45, 2.75) is 46.6 Å². The van der Waals surface area contributed by atoms with Crippen LogP contribution < -0.4 is 5.32 Å². The van der Waals surface area contributed by atoms with Crippen LogP contribution in [0.15, 0.2) is 34.5 Å². The molecule has 2 aliphatic rings. The summed E-state index contributed by atoms with van der Waals surface area (Å²) in [5, 5.41) is 3.20. The molecule has 24 heavy (non-hydrogen) atoms. The molecule has 3 rings (SSSR count). The summed E-state index contributed by atoms with van der Waals surface area (Å²) in [5.41, 5.74) is 1.35. The third kappa shape index (κ3) is 3.44. The second-order valence-electron chi connectivity index (χ2n) is 8.09. The number of nitrogens with zero attached hydrogens (tertiary/aromatic N) is 1. The molecule has 1 amide bonds. The molecule has 1 aliphatic heterocycles. The third-order valence-electron chi connectivity index (χ3n) is 5.63. The zero-order chi connectivity index (χ0) is 17.3. The van der Waals surface area contributed by atoms with Crippen LogP contribution in [-0.4, -0.2) is 30.4 Å². The Morgan fingerprint density at radius 2 is 2.12 bits per heavy atom. The molecule has 1 aliphatic carbocycles. The fourth-order valence-electron chi connectivity index (χ4n) is 4.10. The van der Waals surface area contributed by atoms with Gasteiger partial charge in [-0.3, -0.25) is 9.69 Å². The Kier molecular flexibility index (Phi) is 4.86. The highest BCUT2D eigenvalue weighted by atomic mass is 16.3. The molecule has 1 N–H and O–H groups in total. The number of carbonyl (C=O) groups excluding carboxylic acids is 1. The van der Waals surface area contributed by atoms with Crippen LogP contribution in [0.1, 0.15) is 52.3 Å². The van der Waals surface area contributed by atoms with E-state index in [9.17, 15) is 4.79 Å². The van der Waals surface area contributed by atoms with E-state index in [0.29, 0.717) is 12.5 Å². The van der Waals surface area contributed by atoms with Crippen molar-refractivity contribution in [1.29, 1.82) is 0 Å². The topological polar surface area (TPSA) is 45.5 Å². The lowest BCUT2D eigenvalue weighted by molar-refractivity contribution is -0.123. The first-order chi connectivity index (χ1) is 11.4. The van der Waals surface area contributed by atoms with Crippen LogP contribution in [-0.2, 0) is 4.79 Å². The fraction of sp³-hybridized carbons (Fsp3) is 0.650. The van der Waals surface area contributed by atoms with Gasteiger partial charge in [-0.05, 0) is 63.2 Å². The first kappa shape index (κ1) is 17.3. The van der Waals surface area contributed by atoms with Gasteiger partial charge in [0.05, 0.1) is 18.2 Å². The lowest BCUT2D eigenvalue weighted by atomic mass is 10.1. The molecule has 4 nitrogen and oxygen atoms in total. The number of amides is 1. The SMILES string of the molecule is CC(C)=CC1C(C(=O)NCC(c2ccco2)N2CCCC2)C1(C)C. The van der Waals surface area contributed by atoms with Gasteiger partial charge in [0.2, 0.25) is 5.91 Å². The maximum absolute atomic E-state index is 12.7. The highest BCUT2D eigenvalue weighted by Gasteiger charge is 2.60. The predicted octanol–water partition coefficient (Wildman–Crippen LogP) is 3.77. The second-order valence-corrected chi connectivity index (χ2v) is 8.09. The first-order valence-corrected chi connectivity index (χ1v) is 9.11. The quantitative estimate of drug-likeness (QED) is 0.808. The average Bonchev–Trinajstić information content (AvgIpc) is 3.02. The molecular formula is C20H30N2O2. The molecule has 0 radical (unpaired) electrons. The number of hydrogen-bond donors (Lipinski definition) is 1. The highest BCUT2D eigenvalue weighted by Crippen LogP contribution is 2.59. The lowest BCUT2D eigenvalue weighted by Gasteiger charge is -2.26. The highest BCUT2D eigenvalue weighted by molar-refractivity contribution is 5.83. The van der Waals surface area contributed by atoms with Gasteiger partial charge in [-0.2, -0.15) is 0 Å². The summed E-state index contributed by atoms with van der Waals surface area (Å²) in [6.45, 7) is 11.4. The Morgan fingerprint density at radius 1 is 1.42 bits per heavy atom. The van der Waals surface area contributed by atoms with Crippen LogP contribution >= 0.6 is 0 Å². The van der Waals surface area contributed by atoms with Gasteiger partial charge in [0.15, 0.2) is 0 Å². The minimum absolute atomic E-state index is 0.0647. The van der Waals surface area contributed by atoms with Crippen molar-refractivity contribution in [3.8, 4) is 0 Å². The number of carbonyl (C=O) groups is 1. The van der Waals surface area contributed by atoms with Crippen LogP contribution in [0.2, 0.25) is 0 Å². The molecule has 2 heterocycles. The number of rotatable bonds is 6. The molecule has 0 spiro atoms. The summed E-state index contributed by atoms with van der Waals surface area (Å²) in [6, 6.07) is 4.09. The molecule has 0 aromatic carbocycles.